The molecule has 0 amide bonds. The molecule has 1 aromatic rings. The van der Waals surface area contributed by atoms with E-state index in [1.54, 1.807) is 0 Å². The topological polar surface area (TPSA) is 53.2 Å². The average molecular weight is 248 g/mol. The molecule has 0 radical (unpaired) electrons. The molecule has 0 atom stereocenters. The van der Waals surface area contributed by atoms with E-state index in [9.17, 15) is 9.59 Å². The summed E-state index contributed by atoms with van der Waals surface area (Å²) in [5, 5.41) is 0. The highest BCUT2D eigenvalue weighted by molar-refractivity contribution is 6.03. The van der Waals surface area contributed by atoms with Crippen molar-refractivity contribution in [2.45, 2.75) is 33.6 Å². The molecule has 1 aromatic heterocycles. The lowest BCUT2D eigenvalue weighted by atomic mass is 10.1. The maximum atomic E-state index is 12.2. The summed E-state index contributed by atoms with van der Waals surface area (Å²) in [5.74, 6) is 0.103. The number of nitrogens with zero attached hydrogens (tertiary/aromatic N) is 1. The van der Waals surface area contributed by atoms with Gasteiger partial charge in [0.15, 0.2) is 11.6 Å². The lowest BCUT2D eigenvalue weighted by Gasteiger charge is -2.12. The van der Waals surface area contributed by atoms with Crippen molar-refractivity contribution in [1.82, 2.24) is 9.88 Å². The van der Waals surface area contributed by atoms with Gasteiger partial charge in [-0.25, -0.2) is 0 Å². The van der Waals surface area contributed by atoms with Crippen molar-refractivity contribution in [2.24, 2.45) is 0 Å². The minimum atomic E-state index is 0.0153. The SMILES string of the molecule is CC(=O)c1c(C)[nH]c(C(=O)CN2CCCC2)c1C. The van der Waals surface area contributed by atoms with Crippen molar-refractivity contribution in [3.8, 4) is 0 Å². The number of rotatable bonds is 4. The van der Waals surface area contributed by atoms with E-state index < -0.39 is 0 Å². The molecule has 1 saturated heterocycles. The molecule has 4 nitrogen and oxygen atoms in total. The van der Waals surface area contributed by atoms with Crippen LogP contribution < -0.4 is 0 Å². The summed E-state index contributed by atoms with van der Waals surface area (Å²) in [6.45, 7) is 7.69. The highest BCUT2D eigenvalue weighted by Crippen LogP contribution is 2.19. The Kier molecular flexibility index (Phi) is 3.66. The highest BCUT2D eigenvalue weighted by atomic mass is 16.1. The van der Waals surface area contributed by atoms with E-state index in [1.807, 2.05) is 13.8 Å². The molecule has 2 rings (SSSR count). The number of likely N-dealkylation sites (tertiary alicyclic amines) is 1. The Balaban J connectivity index is 2.20. The molecule has 0 spiro atoms. The summed E-state index contributed by atoms with van der Waals surface area (Å²) in [4.78, 5) is 29.0. The van der Waals surface area contributed by atoms with Crippen LogP contribution in [0.25, 0.3) is 0 Å². The summed E-state index contributed by atoms with van der Waals surface area (Å²) < 4.78 is 0. The van der Waals surface area contributed by atoms with Crippen molar-refractivity contribution in [3.63, 3.8) is 0 Å². The molecule has 0 unspecified atom stereocenters. The van der Waals surface area contributed by atoms with Crippen LogP contribution in [0.2, 0.25) is 0 Å². The van der Waals surface area contributed by atoms with E-state index in [0.717, 1.165) is 24.3 Å². The minimum Gasteiger partial charge on any atom is -0.355 e. The molecule has 0 bridgehead atoms. The van der Waals surface area contributed by atoms with Crippen LogP contribution in [0.5, 0.6) is 0 Å². The van der Waals surface area contributed by atoms with Gasteiger partial charge >= 0.3 is 0 Å². The Hall–Kier alpha value is -1.42. The molecular formula is C14H20N2O2. The second-order valence-corrected chi connectivity index (χ2v) is 5.09. The molecule has 1 fully saturated rings. The first-order valence-electron chi connectivity index (χ1n) is 6.46. The van der Waals surface area contributed by atoms with Crippen LogP contribution >= 0.6 is 0 Å². The number of H-pyrrole nitrogens is 1. The molecule has 1 aliphatic rings. The van der Waals surface area contributed by atoms with Gasteiger partial charge in [0.2, 0.25) is 0 Å². The zero-order chi connectivity index (χ0) is 13.3. The fourth-order valence-electron chi connectivity index (χ4n) is 2.78. The fourth-order valence-corrected chi connectivity index (χ4v) is 2.78. The number of aromatic nitrogens is 1. The lowest BCUT2D eigenvalue weighted by Crippen LogP contribution is -2.27. The van der Waals surface area contributed by atoms with Gasteiger partial charge < -0.3 is 4.98 Å². The minimum absolute atomic E-state index is 0.0153. The summed E-state index contributed by atoms with van der Waals surface area (Å²) in [7, 11) is 0. The van der Waals surface area contributed by atoms with E-state index >= 15 is 0 Å². The van der Waals surface area contributed by atoms with E-state index in [1.165, 1.54) is 19.8 Å². The van der Waals surface area contributed by atoms with E-state index in [2.05, 4.69) is 9.88 Å². The number of nitrogens with one attached hydrogen (secondary N) is 1. The molecule has 0 saturated carbocycles. The monoisotopic (exact) mass is 248 g/mol. The maximum Gasteiger partial charge on any atom is 0.193 e. The molecule has 0 aliphatic carbocycles. The first kappa shape index (κ1) is 13.0. The van der Waals surface area contributed by atoms with Crippen molar-refractivity contribution in [1.29, 1.82) is 0 Å². The standard InChI is InChI=1S/C14H20N2O2/c1-9-13(11(3)17)10(2)15-14(9)12(18)8-16-6-4-5-7-16/h15H,4-8H2,1-3H3. The predicted molar refractivity (Wildman–Crippen MR) is 70.3 cm³/mol. The first-order chi connectivity index (χ1) is 8.50. The third kappa shape index (κ3) is 2.38. The number of aromatic amines is 1. The zero-order valence-electron chi connectivity index (χ0n) is 11.3. The van der Waals surface area contributed by atoms with Gasteiger partial charge in [0.25, 0.3) is 0 Å². The van der Waals surface area contributed by atoms with Crippen LogP contribution in [0.1, 0.15) is 51.9 Å². The van der Waals surface area contributed by atoms with Crippen LogP contribution in [0.3, 0.4) is 0 Å². The van der Waals surface area contributed by atoms with Gasteiger partial charge in [-0.05, 0) is 52.3 Å². The third-order valence-corrected chi connectivity index (χ3v) is 3.63. The summed E-state index contributed by atoms with van der Waals surface area (Å²) in [5.41, 5.74) is 2.86. The first-order valence-corrected chi connectivity index (χ1v) is 6.46. The second-order valence-electron chi connectivity index (χ2n) is 5.09. The van der Waals surface area contributed by atoms with Crippen molar-refractivity contribution < 1.29 is 9.59 Å². The molecule has 98 valence electrons. The number of aryl methyl sites for hydroxylation is 1. The second kappa shape index (κ2) is 5.06. The number of Topliss-reactive ketones (excluding diaryl/α,β-unsaturated/α-hetero) is 2. The number of ketones is 2. The van der Waals surface area contributed by atoms with Gasteiger partial charge in [-0.2, -0.15) is 0 Å². The number of carbonyl (C=O) groups excluding carboxylic acids is 2. The van der Waals surface area contributed by atoms with Crippen molar-refractivity contribution >= 4 is 11.6 Å². The molecular weight excluding hydrogens is 228 g/mol. The Morgan fingerprint density at radius 2 is 1.83 bits per heavy atom. The predicted octanol–water partition coefficient (Wildman–Crippen LogP) is 2.11. The smallest absolute Gasteiger partial charge is 0.193 e. The largest absolute Gasteiger partial charge is 0.355 e. The van der Waals surface area contributed by atoms with E-state index in [4.69, 9.17) is 0 Å². The van der Waals surface area contributed by atoms with Gasteiger partial charge in [-0.3, -0.25) is 14.5 Å². The number of hydrogen-bond donors (Lipinski definition) is 1. The number of hydrogen-bond acceptors (Lipinski definition) is 3. The van der Waals surface area contributed by atoms with Gasteiger partial charge in [0.1, 0.15) is 0 Å². The van der Waals surface area contributed by atoms with Crippen LogP contribution in [0, 0.1) is 13.8 Å². The average Bonchev–Trinajstić information content (AvgIpc) is 2.86. The molecule has 2 heterocycles. The van der Waals surface area contributed by atoms with Crippen LogP contribution in [0.4, 0.5) is 0 Å². The molecule has 4 heteroatoms. The maximum absolute atomic E-state index is 12.2. The summed E-state index contributed by atoms with van der Waals surface area (Å²) in [6, 6.07) is 0. The van der Waals surface area contributed by atoms with Crippen molar-refractivity contribution in [3.05, 3.63) is 22.5 Å². The van der Waals surface area contributed by atoms with Gasteiger partial charge in [-0.15, -0.1) is 0 Å². The summed E-state index contributed by atoms with van der Waals surface area (Å²) in [6.07, 6.45) is 2.35. The quantitative estimate of drug-likeness (QED) is 0.830. The Bertz CT molecular complexity index is 482. The van der Waals surface area contributed by atoms with Gasteiger partial charge in [0, 0.05) is 11.3 Å². The van der Waals surface area contributed by atoms with Crippen LogP contribution in [-0.2, 0) is 0 Å². The summed E-state index contributed by atoms with van der Waals surface area (Å²) >= 11 is 0. The Labute approximate surface area is 107 Å². The molecule has 18 heavy (non-hydrogen) atoms. The van der Waals surface area contributed by atoms with E-state index in [-0.39, 0.29) is 11.6 Å². The Morgan fingerprint density at radius 3 is 2.33 bits per heavy atom. The fraction of sp³-hybridized carbons (Fsp3) is 0.571. The highest BCUT2D eigenvalue weighted by Gasteiger charge is 2.22. The zero-order valence-corrected chi connectivity index (χ0v) is 11.3. The number of carbonyl (C=O) groups is 2. The van der Waals surface area contributed by atoms with Gasteiger partial charge in [0.05, 0.1) is 12.2 Å². The van der Waals surface area contributed by atoms with E-state index in [0.29, 0.717) is 17.8 Å². The molecule has 1 N–H and O–H groups in total. The van der Waals surface area contributed by atoms with Crippen molar-refractivity contribution in [2.75, 3.05) is 19.6 Å². The van der Waals surface area contributed by atoms with Gasteiger partial charge in [-0.1, -0.05) is 0 Å². The third-order valence-electron chi connectivity index (χ3n) is 3.63. The van der Waals surface area contributed by atoms with Crippen LogP contribution in [-0.4, -0.2) is 41.1 Å². The molecule has 1 aliphatic heterocycles. The Morgan fingerprint density at radius 1 is 1.22 bits per heavy atom. The normalized spacial score (nSPS) is 16.2. The van der Waals surface area contributed by atoms with Crippen LogP contribution in [0.15, 0.2) is 0 Å². The lowest BCUT2D eigenvalue weighted by molar-refractivity contribution is 0.0940. The molecule has 0 aromatic carbocycles.